The molecule has 2 aliphatic rings. The number of thiophene rings is 1. The van der Waals surface area contributed by atoms with Gasteiger partial charge < -0.3 is 19.6 Å². The quantitative estimate of drug-likeness (QED) is 0.582. The number of hydrogen-bond acceptors (Lipinski definition) is 5. The Balaban J connectivity index is 1.72. The van der Waals surface area contributed by atoms with Crippen molar-refractivity contribution in [3.05, 3.63) is 36.4 Å². The summed E-state index contributed by atoms with van der Waals surface area (Å²) in [6.07, 6.45) is 4.31. The molecule has 0 bridgehead atoms. The molecule has 1 saturated heterocycles. The van der Waals surface area contributed by atoms with Crippen molar-refractivity contribution in [1.82, 2.24) is 4.90 Å². The molecule has 2 heterocycles. The van der Waals surface area contributed by atoms with Crippen molar-refractivity contribution in [2.45, 2.75) is 51.5 Å². The van der Waals surface area contributed by atoms with E-state index in [4.69, 9.17) is 4.74 Å². The molecule has 0 atom stereocenters. The van der Waals surface area contributed by atoms with Crippen LogP contribution in [0.3, 0.4) is 0 Å². The number of hydrogen-bond donors (Lipinski definition) is 1. The molecule has 1 N–H and O–H groups in total. The topological polar surface area (TPSA) is 70.1 Å². The third-order valence-electron chi connectivity index (χ3n) is 6.83. The average Bonchev–Trinajstić information content (AvgIpc) is 3.19. The van der Waals surface area contributed by atoms with Crippen LogP contribution in [0.25, 0.3) is 10.4 Å². The van der Waals surface area contributed by atoms with E-state index >= 15 is 0 Å². The number of carbonyl (C=O) groups is 2. The van der Waals surface area contributed by atoms with E-state index in [1.54, 1.807) is 0 Å². The van der Waals surface area contributed by atoms with Crippen molar-refractivity contribution in [3.63, 3.8) is 0 Å². The number of benzene rings is 1. The predicted octanol–water partition coefficient (Wildman–Crippen LogP) is 5.73. The second kappa shape index (κ2) is 10.0. The van der Waals surface area contributed by atoms with Crippen LogP contribution in [-0.4, -0.2) is 48.2 Å². The summed E-state index contributed by atoms with van der Waals surface area (Å²) in [4.78, 5) is 30.5. The molecular formula is C25H32N2O4S. The van der Waals surface area contributed by atoms with Gasteiger partial charge in [-0.3, -0.25) is 4.79 Å². The molecule has 4 rings (SSSR count). The van der Waals surface area contributed by atoms with Gasteiger partial charge in [0.2, 0.25) is 11.0 Å². The van der Waals surface area contributed by atoms with Gasteiger partial charge in [-0.15, -0.1) is 0 Å². The van der Waals surface area contributed by atoms with Gasteiger partial charge in [0.1, 0.15) is 0 Å². The number of carbonyl (C=O) groups excluding carboxylic acids is 1. The van der Waals surface area contributed by atoms with E-state index in [-0.39, 0.29) is 22.9 Å². The normalized spacial score (nSPS) is 22.4. The number of rotatable bonds is 5. The molecule has 0 unspecified atom stereocenters. The molecular weight excluding hydrogens is 424 g/mol. The van der Waals surface area contributed by atoms with Crippen molar-refractivity contribution in [2.24, 2.45) is 11.8 Å². The SMILES string of the molecule is CC1CCC(C(=O)N(c2cc(-c3ccccc3)sc2OC(=O)O)C2CCN(C)CC2)CC1. The first-order chi connectivity index (χ1) is 15.4. The largest absolute Gasteiger partial charge is 0.512 e. The van der Waals surface area contributed by atoms with Gasteiger partial charge in [-0.1, -0.05) is 48.6 Å². The highest BCUT2D eigenvalue weighted by Gasteiger charge is 2.36. The lowest BCUT2D eigenvalue weighted by Gasteiger charge is -2.39. The zero-order chi connectivity index (χ0) is 22.7. The second-order valence-corrected chi connectivity index (χ2v) is 10.2. The van der Waals surface area contributed by atoms with Gasteiger partial charge in [-0.05, 0) is 76.2 Å². The Hall–Kier alpha value is -2.38. The lowest BCUT2D eigenvalue weighted by atomic mass is 9.82. The van der Waals surface area contributed by atoms with Gasteiger partial charge in [0.25, 0.3) is 0 Å². The van der Waals surface area contributed by atoms with Crippen LogP contribution in [0, 0.1) is 11.8 Å². The van der Waals surface area contributed by atoms with E-state index in [1.807, 2.05) is 41.3 Å². The Morgan fingerprint density at radius 2 is 1.72 bits per heavy atom. The van der Waals surface area contributed by atoms with Gasteiger partial charge in [-0.2, -0.15) is 0 Å². The molecule has 7 heteroatoms. The fraction of sp³-hybridized carbons (Fsp3) is 0.520. The third kappa shape index (κ3) is 5.15. The molecule has 1 saturated carbocycles. The standard InChI is InChI=1S/C25H32N2O4S/c1-17-8-10-19(11-9-17)23(28)27(20-12-14-26(2)15-13-20)21-16-22(18-6-4-3-5-7-18)32-24(21)31-25(29)30/h3-7,16-17,19-20H,8-15H2,1-2H3,(H,29,30). The Morgan fingerprint density at radius 3 is 2.34 bits per heavy atom. The maximum atomic E-state index is 13.9. The number of anilines is 1. The monoisotopic (exact) mass is 456 g/mol. The van der Waals surface area contributed by atoms with Crippen LogP contribution in [-0.2, 0) is 4.79 Å². The zero-order valence-electron chi connectivity index (χ0n) is 18.8. The fourth-order valence-electron chi connectivity index (χ4n) is 4.88. The number of amides is 1. The number of nitrogens with zero attached hydrogens (tertiary/aromatic N) is 2. The third-order valence-corrected chi connectivity index (χ3v) is 7.88. The van der Waals surface area contributed by atoms with Crippen LogP contribution in [0.5, 0.6) is 5.06 Å². The van der Waals surface area contributed by atoms with Crippen molar-refractivity contribution in [1.29, 1.82) is 0 Å². The van der Waals surface area contributed by atoms with Crippen molar-refractivity contribution >= 4 is 29.1 Å². The summed E-state index contributed by atoms with van der Waals surface area (Å²) in [6, 6.07) is 11.8. The van der Waals surface area contributed by atoms with Gasteiger partial charge in [0, 0.05) is 16.8 Å². The Labute approximate surface area is 193 Å². The number of likely N-dealkylation sites (tertiary alicyclic amines) is 1. The van der Waals surface area contributed by atoms with E-state index in [9.17, 15) is 14.7 Å². The summed E-state index contributed by atoms with van der Waals surface area (Å²) in [5.41, 5.74) is 1.59. The zero-order valence-corrected chi connectivity index (χ0v) is 19.6. The minimum atomic E-state index is -1.35. The Kier molecular flexibility index (Phi) is 7.16. The highest BCUT2D eigenvalue weighted by molar-refractivity contribution is 7.18. The molecule has 2 aromatic rings. The highest BCUT2D eigenvalue weighted by Crippen LogP contribution is 2.45. The van der Waals surface area contributed by atoms with E-state index in [0.717, 1.165) is 62.1 Å². The van der Waals surface area contributed by atoms with Crippen molar-refractivity contribution in [2.75, 3.05) is 25.0 Å². The summed E-state index contributed by atoms with van der Waals surface area (Å²) < 4.78 is 5.23. The second-order valence-electron chi connectivity index (χ2n) is 9.22. The summed E-state index contributed by atoms with van der Waals surface area (Å²) >= 11 is 1.29. The lowest BCUT2D eigenvalue weighted by molar-refractivity contribution is -0.124. The molecule has 172 valence electrons. The molecule has 6 nitrogen and oxygen atoms in total. The summed E-state index contributed by atoms with van der Waals surface area (Å²) in [5.74, 6) is 0.773. The first-order valence-electron chi connectivity index (χ1n) is 11.5. The van der Waals surface area contributed by atoms with Crippen molar-refractivity contribution in [3.8, 4) is 15.5 Å². The summed E-state index contributed by atoms with van der Waals surface area (Å²) in [5, 5.41) is 9.67. The summed E-state index contributed by atoms with van der Waals surface area (Å²) in [7, 11) is 2.10. The molecule has 1 aliphatic carbocycles. The van der Waals surface area contributed by atoms with Crippen LogP contribution in [0.4, 0.5) is 10.5 Å². The van der Waals surface area contributed by atoms with Crippen LogP contribution < -0.4 is 9.64 Å². The molecule has 2 fully saturated rings. The summed E-state index contributed by atoms with van der Waals surface area (Å²) in [6.45, 7) is 4.08. The molecule has 0 radical (unpaired) electrons. The van der Waals surface area contributed by atoms with Gasteiger partial charge in [0.05, 0.1) is 5.69 Å². The van der Waals surface area contributed by atoms with E-state index < -0.39 is 6.16 Å². The Morgan fingerprint density at radius 1 is 1.06 bits per heavy atom. The fourth-order valence-corrected chi connectivity index (χ4v) is 5.88. The maximum absolute atomic E-state index is 13.9. The number of carboxylic acid groups (broad SMARTS) is 1. The van der Waals surface area contributed by atoms with Crippen LogP contribution in [0.1, 0.15) is 45.4 Å². The molecule has 1 amide bonds. The van der Waals surface area contributed by atoms with Gasteiger partial charge in [0.15, 0.2) is 0 Å². The minimum absolute atomic E-state index is 0.0105. The van der Waals surface area contributed by atoms with Crippen LogP contribution in [0.15, 0.2) is 36.4 Å². The lowest BCUT2D eigenvalue weighted by Crippen LogP contribution is -2.49. The van der Waals surface area contributed by atoms with E-state index in [2.05, 4.69) is 18.9 Å². The predicted molar refractivity (Wildman–Crippen MR) is 128 cm³/mol. The minimum Gasteiger partial charge on any atom is -0.449 e. The highest BCUT2D eigenvalue weighted by atomic mass is 32.1. The number of ether oxygens (including phenoxy) is 1. The van der Waals surface area contributed by atoms with Crippen LogP contribution in [0.2, 0.25) is 0 Å². The van der Waals surface area contributed by atoms with Gasteiger partial charge in [-0.25, -0.2) is 4.79 Å². The van der Waals surface area contributed by atoms with E-state index in [1.165, 1.54) is 11.3 Å². The molecule has 1 aromatic heterocycles. The molecule has 0 spiro atoms. The molecule has 32 heavy (non-hydrogen) atoms. The van der Waals surface area contributed by atoms with Crippen LogP contribution >= 0.6 is 11.3 Å². The first-order valence-corrected chi connectivity index (χ1v) is 12.4. The maximum Gasteiger partial charge on any atom is 0.512 e. The smallest absolute Gasteiger partial charge is 0.449 e. The van der Waals surface area contributed by atoms with E-state index in [0.29, 0.717) is 11.6 Å². The molecule has 1 aliphatic heterocycles. The number of piperidine rings is 1. The van der Waals surface area contributed by atoms with Crippen molar-refractivity contribution < 1.29 is 19.4 Å². The first kappa shape index (κ1) is 22.8. The molecule has 1 aromatic carbocycles. The Bertz CT molecular complexity index is 929. The van der Waals surface area contributed by atoms with Gasteiger partial charge >= 0.3 is 6.16 Å². The average molecular weight is 457 g/mol.